The lowest BCUT2D eigenvalue weighted by molar-refractivity contribution is 0.159. The molecular formula is C19H25NO. The minimum atomic E-state index is 0.216. The number of benzene rings is 2. The van der Waals surface area contributed by atoms with Crippen molar-refractivity contribution in [3.63, 3.8) is 0 Å². The summed E-state index contributed by atoms with van der Waals surface area (Å²) in [6.45, 7) is 2.91. The minimum absolute atomic E-state index is 0.216. The van der Waals surface area contributed by atoms with Gasteiger partial charge in [-0.3, -0.25) is 0 Å². The largest absolute Gasteiger partial charge is 0.383 e. The van der Waals surface area contributed by atoms with E-state index in [1.807, 2.05) is 6.07 Å². The molecule has 0 radical (unpaired) electrons. The molecule has 0 heterocycles. The molecule has 0 aliphatic rings. The molecule has 2 rings (SSSR count). The zero-order chi connectivity index (χ0) is 14.9. The van der Waals surface area contributed by atoms with E-state index in [1.165, 1.54) is 11.1 Å². The van der Waals surface area contributed by atoms with E-state index < -0.39 is 0 Å². The van der Waals surface area contributed by atoms with E-state index in [0.717, 1.165) is 12.8 Å². The highest BCUT2D eigenvalue weighted by molar-refractivity contribution is 5.22. The van der Waals surface area contributed by atoms with Crippen LogP contribution in [0, 0.1) is 0 Å². The van der Waals surface area contributed by atoms with E-state index in [9.17, 15) is 0 Å². The van der Waals surface area contributed by atoms with Gasteiger partial charge < -0.3 is 10.1 Å². The summed E-state index contributed by atoms with van der Waals surface area (Å²) in [6, 6.07) is 21.8. The highest BCUT2D eigenvalue weighted by Gasteiger charge is 2.17. The first-order chi connectivity index (χ1) is 10.3. The third-order valence-corrected chi connectivity index (χ3v) is 3.72. The van der Waals surface area contributed by atoms with Gasteiger partial charge in [-0.1, -0.05) is 74.0 Å². The lowest BCUT2D eigenvalue weighted by Crippen LogP contribution is -2.29. The summed E-state index contributed by atoms with van der Waals surface area (Å²) >= 11 is 0. The second-order valence-electron chi connectivity index (χ2n) is 5.34. The van der Waals surface area contributed by atoms with Crippen LogP contribution in [0.5, 0.6) is 0 Å². The Morgan fingerprint density at radius 3 is 1.86 bits per heavy atom. The lowest BCUT2D eigenvalue weighted by Gasteiger charge is -2.26. The SMILES string of the molecule is CCC[C@H](N[C@@H](COC)c1ccccc1)c1ccccc1. The smallest absolute Gasteiger partial charge is 0.0657 e. The van der Waals surface area contributed by atoms with Gasteiger partial charge in [-0.25, -0.2) is 0 Å². The summed E-state index contributed by atoms with van der Waals surface area (Å²) < 4.78 is 5.41. The van der Waals surface area contributed by atoms with Gasteiger partial charge in [0.2, 0.25) is 0 Å². The van der Waals surface area contributed by atoms with Gasteiger partial charge in [-0.05, 0) is 17.5 Å². The van der Waals surface area contributed by atoms with Crippen molar-refractivity contribution in [2.24, 2.45) is 0 Å². The molecule has 0 aromatic heterocycles. The van der Waals surface area contributed by atoms with Crippen LogP contribution in [-0.4, -0.2) is 13.7 Å². The predicted octanol–water partition coefficient (Wildman–Crippen LogP) is 4.51. The highest BCUT2D eigenvalue weighted by Crippen LogP contribution is 2.23. The van der Waals surface area contributed by atoms with E-state index in [1.54, 1.807) is 7.11 Å². The lowest BCUT2D eigenvalue weighted by atomic mass is 9.99. The molecule has 0 saturated heterocycles. The van der Waals surface area contributed by atoms with Crippen LogP contribution < -0.4 is 5.32 Å². The highest BCUT2D eigenvalue weighted by atomic mass is 16.5. The van der Waals surface area contributed by atoms with E-state index in [4.69, 9.17) is 4.74 Å². The second kappa shape index (κ2) is 8.60. The number of hydrogen-bond acceptors (Lipinski definition) is 2. The third kappa shape index (κ3) is 4.69. The molecule has 0 bridgehead atoms. The molecule has 0 aliphatic carbocycles. The number of rotatable bonds is 8. The molecule has 0 unspecified atom stereocenters. The molecule has 0 fully saturated rings. The Morgan fingerprint density at radius 2 is 1.38 bits per heavy atom. The van der Waals surface area contributed by atoms with Crippen molar-refractivity contribution in [3.05, 3.63) is 71.8 Å². The van der Waals surface area contributed by atoms with Crippen molar-refractivity contribution in [1.82, 2.24) is 5.32 Å². The molecule has 1 N–H and O–H groups in total. The average molecular weight is 283 g/mol. The maximum atomic E-state index is 5.41. The van der Waals surface area contributed by atoms with Crippen molar-refractivity contribution in [1.29, 1.82) is 0 Å². The molecule has 2 aromatic rings. The van der Waals surface area contributed by atoms with Crippen molar-refractivity contribution in [2.75, 3.05) is 13.7 Å². The minimum Gasteiger partial charge on any atom is -0.383 e. The first-order valence-electron chi connectivity index (χ1n) is 7.70. The zero-order valence-corrected chi connectivity index (χ0v) is 13.0. The molecule has 112 valence electrons. The number of hydrogen-bond donors (Lipinski definition) is 1. The van der Waals surface area contributed by atoms with Gasteiger partial charge in [0, 0.05) is 13.2 Å². The third-order valence-electron chi connectivity index (χ3n) is 3.72. The molecule has 2 heteroatoms. The summed E-state index contributed by atoms with van der Waals surface area (Å²) in [5.41, 5.74) is 2.62. The van der Waals surface area contributed by atoms with E-state index in [0.29, 0.717) is 12.6 Å². The van der Waals surface area contributed by atoms with Crippen molar-refractivity contribution >= 4 is 0 Å². The quantitative estimate of drug-likeness (QED) is 0.770. The van der Waals surface area contributed by atoms with Gasteiger partial charge in [0.1, 0.15) is 0 Å². The molecule has 2 atom stereocenters. The van der Waals surface area contributed by atoms with E-state index >= 15 is 0 Å². The van der Waals surface area contributed by atoms with Crippen LogP contribution in [0.2, 0.25) is 0 Å². The summed E-state index contributed by atoms with van der Waals surface area (Å²) in [5.74, 6) is 0. The molecule has 0 aliphatic heterocycles. The molecule has 0 saturated carbocycles. The molecule has 0 spiro atoms. The Kier molecular flexibility index (Phi) is 6.45. The molecule has 21 heavy (non-hydrogen) atoms. The first-order valence-corrected chi connectivity index (χ1v) is 7.70. The van der Waals surface area contributed by atoms with E-state index in [2.05, 4.69) is 66.8 Å². The van der Waals surface area contributed by atoms with Crippen molar-refractivity contribution in [3.8, 4) is 0 Å². The van der Waals surface area contributed by atoms with Crippen molar-refractivity contribution < 1.29 is 4.74 Å². The van der Waals surface area contributed by atoms with Gasteiger partial charge >= 0.3 is 0 Å². The van der Waals surface area contributed by atoms with Crippen LogP contribution in [0.4, 0.5) is 0 Å². The van der Waals surface area contributed by atoms with Gasteiger partial charge in [0.05, 0.1) is 12.6 Å². The normalized spacial score (nSPS) is 13.8. The molecule has 2 nitrogen and oxygen atoms in total. The maximum Gasteiger partial charge on any atom is 0.0657 e. The molecule has 2 aromatic carbocycles. The second-order valence-corrected chi connectivity index (χ2v) is 5.34. The van der Waals surface area contributed by atoms with Crippen LogP contribution in [0.3, 0.4) is 0 Å². The zero-order valence-electron chi connectivity index (χ0n) is 13.0. The Morgan fingerprint density at radius 1 is 0.857 bits per heavy atom. The summed E-state index contributed by atoms with van der Waals surface area (Å²) in [4.78, 5) is 0. The van der Waals surface area contributed by atoms with Gasteiger partial charge in [-0.15, -0.1) is 0 Å². The monoisotopic (exact) mass is 283 g/mol. The number of nitrogens with one attached hydrogen (secondary N) is 1. The topological polar surface area (TPSA) is 21.3 Å². The fourth-order valence-electron chi connectivity index (χ4n) is 2.66. The Labute approximate surface area is 128 Å². The fraction of sp³-hybridized carbons (Fsp3) is 0.368. The van der Waals surface area contributed by atoms with Crippen LogP contribution in [0.1, 0.15) is 43.0 Å². The van der Waals surface area contributed by atoms with Gasteiger partial charge in [0.15, 0.2) is 0 Å². The maximum absolute atomic E-state index is 5.41. The Hall–Kier alpha value is -1.64. The Bertz CT molecular complexity index is 450. The molecule has 0 amide bonds. The molecular weight excluding hydrogens is 258 g/mol. The first kappa shape index (κ1) is 15.7. The van der Waals surface area contributed by atoms with Gasteiger partial charge in [-0.2, -0.15) is 0 Å². The summed E-state index contributed by atoms with van der Waals surface area (Å²) in [6.07, 6.45) is 2.28. The van der Waals surface area contributed by atoms with Crippen LogP contribution in [0.15, 0.2) is 60.7 Å². The standard InChI is InChI=1S/C19H25NO/c1-3-10-18(16-11-6-4-7-12-16)20-19(15-21-2)17-13-8-5-9-14-17/h4-9,11-14,18-20H,3,10,15H2,1-2H3/t18-,19-/m0/s1. The number of ether oxygens (including phenoxy) is 1. The Balaban J connectivity index is 2.16. The predicted molar refractivity (Wildman–Crippen MR) is 88.3 cm³/mol. The van der Waals surface area contributed by atoms with Crippen LogP contribution in [-0.2, 0) is 4.74 Å². The summed E-state index contributed by atoms with van der Waals surface area (Å²) in [5, 5.41) is 3.76. The van der Waals surface area contributed by atoms with Crippen molar-refractivity contribution in [2.45, 2.75) is 31.8 Å². The van der Waals surface area contributed by atoms with Crippen LogP contribution in [0.25, 0.3) is 0 Å². The fourth-order valence-corrected chi connectivity index (χ4v) is 2.66. The summed E-state index contributed by atoms with van der Waals surface area (Å²) in [7, 11) is 1.76. The van der Waals surface area contributed by atoms with Gasteiger partial charge in [0.25, 0.3) is 0 Å². The van der Waals surface area contributed by atoms with Crippen LogP contribution >= 0.6 is 0 Å². The number of methoxy groups -OCH3 is 1. The average Bonchev–Trinajstić information content (AvgIpc) is 2.55. The van der Waals surface area contributed by atoms with E-state index in [-0.39, 0.29) is 6.04 Å².